The van der Waals surface area contributed by atoms with Crippen molar-refractivity contribution in [3.05, 3.63) is 33.8 Å². The van der Waals surface area contributed by atoms with E-state index in [1.54, 1.807) is 0 Å². The molecule has 1 N–H and O–H groups in total. The van der Waals surface area contributed by atoms with Crippen LogP contribution in [0.15, 0.2) is 18.2 Å². The van der Waals surface area contributed by atoms with Gasteiger partial charge < -0.3 is 5.32 Å². The van der Waals surface area contributed by atoms with E-state index in [-0.39, 0.29) is 11.0 Å². The lowest BCUT2D eigenvalue weighted by Gasteiger charge is -2.35. The lowest BCUT2D eigenvalue weighted by atomic mass is 9.76. The molecule has 0 unspecified atom stereocenters. The Kier molecular flexibility index (Phi) is 6.37. The molecule has 0 heterocycles. The smallest absolute Gasteiger partial charge is 0.0595 e. The monoisotopic (exact) mass is 315 g/mol. The Balaban J connectivity index is 2.87. The quantitative estimate of drug-likeness (QED) is 0.706. The van der Waals surface area contributed by atoms with Gasteiger partial charge in [-0.05, 0) is 63.1 Å². The molecule has 0 aliphatic rings. The summed E-state index contributed by atoms with van der Waals surface area (Å²) in [6.07, 6.45) is 3.32. The zero-order valence-corrected chi connectivity index (χ0v) is 14.8. The molecule has 1 aromatic rings. The van der Waals surface area contributed by atoms with Gasteiger partial charge in [0.2, 0.25) is 0 Å². The van der Waals surface area contributed by atoms with Crippen LogP contribution in [0.3, 0.4) is 0 Å². The number of nitrogens with one attached hydrogen (secondary N) is 1. The van der Waals surface area contributed by atoms with E-state index >= 15 is 0 Å². The minimum absolute atomic E-state index is 0.146. The largest absolute Gasteiger partial charge is 0.312 e. The lowest BCUT2D eigenvalue weighted by Crippen LogP contribution is -2.44. The highest BCUT2D eigenvalue weighted by Gasteiger charge is 2.28. The molecule has 114 valence electrons. The van der Waals surface area contributed by atoms with Gasteiger partial charge in [0.15, 0.2) is 0 Å². The molecule has 0 spiro atoms. The highest BCUT2D eigenvalue weighted by Crippen LogP contribution is 2.33. The van der Waals surface area contributed by atoms with Gasteiger partial charge in [-0.15, -0.1) is 0 Å². The van der Waals surface area contributed by atoms with Crippen LogP contribution in [0.1, 0.15) is 53.0 Å². The summed E-state index contributed by atoms with van der Waals surface area (Å²) in [6, 6.07) is 5.99. The molecule has 0 aliphatic carbocycles. The summed E-state index contributed by atoms with van der Waals surface area (Å²) in [6.45, 7) is 12.2. The fraction of sp³-hybridized carbons (Fsp3) is 0.647. The van der Waals surface area contributed by atoms with Gasteiger partial charge in [-0.25, -0.2) is 0 Å². The number of hydrogen-bond donors (Lipinski definition) is 1. The summed E-state index contributed by atoms with van der Waals surface area (Å²) >= 11 is 12.1. The second kappa shape index (κ2) is 7.15. The zero-order chi connectivity index (χ0) is 15.4. The molecule has 3 heteroatoms. The summed E-state index contributed by atoms with van der Waals surface area (Å²) in [7, 11) is 0. The molecular weight excluding hydrogens is 289 g/mol. The highest BCUT2D eigenvalue weighted by atomic mass is 35.5. The Hall–Kier alpha value is -0.240. The Morgan fingerprint density at radius 2 is 1.60 bits per heavy atom. The Labute approximate surface area is 134 Å². The third kappa shape index (κ3) is 5.27. The van der Waals surface area contributed by atoms with E-state index in [1.807, 2.05) is 12.1 Å². The van der Waals surface area contributed by atoms with Gasteiger partial charge in [-0.2, -0.15) is 0 Å². The minimum atomic E-state index is 0.146. The Morgan fingerprint density at radius 3 is 2.05 bits per heavy atom. The second-order valence-corrected chi connectivity index (χ2v) is 7.55. The van der Waals surface area contributed by atoms with Crippen LogP contribution in [0.25, 0.3) is 0 Å². The van der Waals surface area contributed by atoms with Crippen molar-refractivity contribution in [3.63, 3.8) is 0 Å². The van der Waals surface area contributed by atoms with E-state index in [9.17, 15) is 0 Å². The number of halogens is 2. The second-order valence-electron chi connectivity index (χ2n) is 6.74. The van der Waals surface area contributed by atoms with Gasteiger partial charge in [-0.3, -0.25) is 0 Å². The third-order valence-corrected chi connectivity index (χ3v) is 4.80. The number of rotatable bonds is 6. The van der Waals surface area contributed by atoms with Gasteiger partial charge in [0.1, 0.15) is 0 Å². The maximum Gasteiger partial charge on any atom is 0.0595 e. The van der Waals surface area contributed by atoms with Crippen LogP contribution in [0.2, 0.25) is 10.0 Å². The van der Waals surface area contributed by atoms with Crippen LogP contribution >= 0.6 is 23.2 Å². The van der Waals surface area contributed by atoms with Crippen LogP contribution < -0.4 is 5.32 Å². The molecule has 20 heavy (non-hydrogen) atoms. The average Bonchev–Trinajstić information content (AvgIpc) is 2.38. The van der Waals surface area contributed by atoms with Crippen LogP contribution in [0, 0.1) is 5.41 Å². The van der Waals surface area contributed by atoms with Crippen molar-refractivity contribution in [1.29, 1.82) is 0 Å². The van der Waals surface area contributed by atoms with Crippen molar-refractivity contribution in [2.75, 3.05) is 6.54 Å². The molecule has 0 atom stereocenters. The Bertz CT molecular complexity index is 431. The molecule has 0 saturated heterocycles. The molecule has 0 bridgehead atoms. The van der Waals surface area contributed by atoms with Crippen LogP contribution in [0.4, 0.5) is 0 Å². The molecule has 0 aromatic heterocycles. The average molecular weight is 316 g/mol. The predicted molar refractivity (Wildman–Crippen MR) is 90.9 cm³/mol. The normalized spacial score (nSPS) is 12.8. The van der Waals surface area contributed by atoms with Gasteiger partial charge in [0.05, 0.1) is 10.0 Å². The SMILES string of the molecule is CCC(CC)(CNC(C)(C)C)Cc1ccc(Cl)c(Cl)c1. The van der Waals surface area contributed by atoms with Crippen molar-refractivity contribution >= 4 is 23.2 Å². The molecule has 0 radical (unpaired) electrons. The van der Waals surface area contributed by atoms with Crippen molar-refractivity contribution in [3.8, 4) is 0 Å². The maximum absolute atomic E-state index is 6.13. The summed E-state index contributed by atoms with van der Waals surface area (Å²) < 4.78 is 0. The van der Waals surface area contributed by atoms with Crippen molar-refractivity contribution < 1.29 is 0 Å². The van der Waals surface area contributed by atoms with E-state index in [1.165, 1.54) is 5.56 Å². The van der Waals surface area contributed by atoms with E-state index in [0.29, 0.717) is 10.0 Å². The molecule has 1 rings (SSSR count). The van der Waals surface area contributed by atoms with Crippen molar-refractivity contribution in [2.24, 2.45) is 5.41 Å². The summed E-state index contributed by atoms with van der Waals surface area (Å²) in [5.74, 6) is 0. The standard InChI is InChI=1S/C17H27Cl2N/c1-6-17(7-2,12-20-16(3,4)5)11-13-8-9-14(18)15(19)10-13/h8-10,20H,6-7,11-12H2,1-5H3. The molecular formula is C17H27Cl2N. The van der Waals surface area contributed by atoms with Crippen LogP contribution in [-0.4, -0.2) is 12.1 Å². The maximum atomic E-state index is 6.13. The minimum Gasteiger partial charge on any atom is -0.312 e. The fourth-order valence-electron chi connectivity index (χ4n) is 2.35. The molecule has 0 amide bonds. The molecule has 0 aliphatic heterocycles. The fourth-order valence-corrected chi connectivity index (χ4v) is 2.67. The first-order valence-corrected chi connectivity index (χ1v) is 8.16. The van der Waals surface area contributed by atoms with Gasteiger partial charge in [-0.1, -0.05) is 43.1 Å². The van der Waals surface area contributed by atoms with Crippen molar-refractivity contribution in [1.82, 2.24) is 5.32 Å². The first-order chi connectivity index (χ1) is 9.21. The summed E-state index contributed by atoms with van der Waals surface area (Å²) in [5, 5.41) is 4.93. The van der Waals surface area contributed by atoms with E-state index in [0.717, 1.165) is 25.8 Å². The topological polar surface area (TPSA) is 12.0 Å². The third-order valence-electron chi connectivity index (χ3n) is 4.06. The number of benzene rings is 1. The van der Waals surface area contributed by atoms with Gasteiger partial charge in [0, 0.05) is 12.1 Å². The lowest BCUT2D eigenvalue weighted by molar-refractivity contribution is 0.220. The summed E-state index contributed by atoms with van der Waals surface area (Å²) in [5.41, 5.74) is 1.68. The summed E-state index contributed by atoms with van der Waals surface area (Å²) in [4.78, 5) is 0. The van der Waals surface area contributed by atoms with Crippen molar-refractivity contribution in [2.45, 2.75) is 59.4 Å². The predicted octanol–water partition coefficient (Wildman–Crippen LogP) is 5.73. The van der Waals surface area contributed by atoms with E-state index in [2.05, 4.69) is 46.0 Å². The molecule has 0 saturated carbocycles. The van der Waals surface area contributed by atoms with Gasteiger partial charge in [0.25, 0.3) is 0 Å². The first-order valence-electron chi connectivity index (χ1n) is 7.40. The number of hydrogen-bond acceptors (Lipinski definition) is 1. The van der Waals surface area contributed by atoms with E-state index in [4.69, 9.17) is 23.2 Å². The molecule has 0 fully saturated rings. The zero-order valence-electron chi connectivity index (χ0n) is 13.3. The molecule has 1 aromatic carbocycles. The van der Waals surface area contributed by atoms with Gasteiger partial charge >= 0.3 is 0 Å². The van der Waals surface area contributed by atoms with Crippen LogP contribution in [-0.2, 0) is 6.42 Å². The van der Waals surface area contributed by atoms with E-state index < -0.39 is 0 Å². The van der Waals surface area contributed by atoms with Crippen LogP contribution in [0.5, 0.6) is 0 Å². The highest BCUT2D eigenvalue weighted by molar-refractivity contribution is 6.42. The first kappa shape index (κ1) is 17.8. The Morgan fingerprint density at radius 1 is 1.00 bits per heavy atom. The molecule has 1 nitrogen and oxygen atoms in total.